The third-order valence-corrected chi connectivity index (χ3v) is 4.51. The second kappa shape index (κ2) is 11.1. The molecular weight excluding hydrogens is 354 g/mol. The Hall–Kier alpha value is -2.86. The fourth-order valence-electron chi connectivity index (χ4n) is 2.81. The second-order valence-corrected chi connectivity index (χ2v) is 6.70. The maximum Gasteiger partial charge on any atom is 0.238 e. The number of carbonyl (C=O) groups is 2. The van der Waals surface area contributed by atoms with E-state index in [1.165, 1.54) is 5.56 Å². The van der Waals surface area contributed by atoms with Gasteiger partial charge < -0.3 is 15.4 Å². The van der Waals surface area contributed by atoms with Gasteiger partial charge in [-0.25, -0.2) is 0 Å². The van der Waals surface area contributed by atoms with Gasteiger partial charge in [0.2, 0.25) is 11.8 Å². The molecule has 0 bridgehead atoms. The average molecular weight is 383 g/mol. The van der Waals surface area contributed by atoms with Crippen LogP contribution in [0.2, 0.25) is 0 Å². The van der Waals surface area contributed by atoms with Gasteiger partial charge in [-0.15, -0.1) is 0 Å². The lowest BCUT2D eigenvalue weighted by Crippen LogP contribution is -2.41. The summed E-state index contributed by atoms with van der Waals surface area (Å²) < 4.78 is 5.15. The Morgan fingerprint density at radius 2 is 1.75 bits per heavy atom. The Morgan fingerprint density at radius 1 is 1.04 bits per heavy atom. The van der Waals surface area contributed by atoms with E-state index in [0.29, 0.717) is 24.5 Å². The molecule has 28 heavy (non-hydrogen) atoms. The van der Waals surface area contributed by atoms with Crippen molar-refractivity contribution in [2.45, 2.75) is 19.8 Å². The normalized spacial score (nSPS) is 11.7. The molecule has 2 aromatic rings. The van der Waals surface area contributed by atoms with E-state index in [-0.39, 0.29) is 30.8 Å². The number of methoxy groups -OCH3 is 1. The average Bonchev–Trinajstić information content (AvgIpc) is 2.72. The number of hydrogen-bond acceptors (Lipinski definition) is 4. The van der Waals surface area contributed by atoms with Crippen LogP contribution in [0.15, 0.2) is 54.6 Å². The number of amides is 2. The molecule has 0 aromatic heterocycles. The van der Waals surface area contributed by atoms with Crippen LogP contribution < -0.4 is 15.4 Å². The SMILES string of the molecule is CCN(CC(=O)NC[C@@H](C)c1ccccc1)CC(=O)Nc1cccc(OC)c1. The maximum absolute atomic E-state index is 12.3. The third-order valence-electron chi connectivity index (χ3n) is 4.51. The summed E-state index contributed by atoms with van der Waals surface area (Å²) in [7, 11) is 1.58. The van der Waals surface area contributed by atoms with Gasteiger partial charge in [0.1, 0.15) is 5.75 Å². The number of ether oxygens (including phenoxy) is 1. The standard InChI is InChI=1S/C22H29N3O3/c1-4-25(16-22(27)24-19-11-8-12-20(13-19)28-3)15-21(26)23-14-17(2)18-9-6-5-7-10-18/h5-13,17H,4,14-16H2,1-3H3,(H,23,26)(H,24,27)/t17-/m1/s1. The summed E-state index contributed by atoms with van der Waals surface area (Å²) in [4.78, 5) is 26.4. The number of nitrogens with one attached hydrogen (secondary N) is 2. The van der Waals surface area contributed by atoms with Crippen molar-refractivity contribution in [1.82, 2.24) is 10.2 Å². The molecule has 0 aliphatic carbocycles. The Morgan fingerprint density at radius 3 is 2.43 bits per heavy atom. The first kappa shape index (κ1) is 21.4. The van der Waals surface area contributed by atoms with Gasteiger partial charge >= 0.3 is 0 Å². The summed E-state index contributed by atoms with van der Waals surface area (Å²) in [5.41, 5.74) is 1.86. The van der Waals surface area contributed by atoms with Crippen LogP contribution in [0.5, 0.6) is 5.75 Å². The predicted octanol–water partition coefficient (Wildman–Crippen LogP) is 2.88. The fourth-order valence-corrected chi connectivity index (χ4v) is 2.81. The van der Waals surface area contributed by atoms with Crippen molar-refractivity contribution < 1.29 is 14.3 Å². The number of rotatable bonds is 10. The lowest BCUT2D eigenvalue weighted by Gasteiger charge is -2.20. The van der Waals surface area contributed by atoms with E-state index in [1.54, 1.807) is 24.1 Å². The molecule has 2 amide bonds. The molecule has 0 aliphatic heterocycles. The first-order valence-corrected chi connectivity index (χ1v) is 9.49. The number of carbonyl (C=O) groups excluding carboxylic acids is 2. The molecule has 6 nitrogen and oxygen atoms in total. The molecule has 0 unspecified atom stereocenters. The van der Waals surface area contributed by atoms with Crippen LogP contribution in [0.1, 0.15) is 25.3 Å². The van der Waals surface area contributed by atoms with Gasteiger partial charge in [0, 0.05) is 18.3 Å². The van der Waals surface area contributed by atoms with Gasteiger partial charge in [-0.1, -0.05) is 50.2 Å². The van der Waals surface area contributed by atoms with Crippen molar-refractivity contribution in [3.8, 4) is 5.75 Å². The van der Waals surface area contributed by atoms with Crippen molar-refractivity contribution in [3.63, 3.8) is 0 Å². The molecule has 150 valence electrons. The zero-order valence-corrected chi connectivity index (χ0v) is 16.8. The minimum Gasteiger partial charge on any atom is -0.497 e. The zero-order chi connectivity index (χ0) is 20.4. The van der Waals surface area contributed by atoms with Gasteiger partial charge in [-0.05, 0) is 30.2 Å². The number of nitrogens with zero attached hydrogens (tertiary/aromatic N) is 1. The molecular formula is C22H29N3O3. The lowest BCUT2D eigenvalue weighted by molar-refractivity contribution is -0.123. The Balaban J connectivity index is 1.78. The highest BCUT2D eigenvalue weighted by atomic mass is 16.5. The molecule has 1 atom stereocenters. The molecule has 0 fully saturated rings. The van der Waals surface area contributed by atoms with E-state index in [0.717, 1.165) is 0 Å². The van der Waals surface area contributed by atoms with Gasteiger partial charge in [0.05, 0.1) is 20.2 Å². The van der Waals surface area contributed by atoms with Crippen molar-refractivity contribution in [2.24, 2.45) is 0 Å². The summed E-state index contributed by atoms with van der Waals surface area (Å²) in [5, 5.41) is 5.79. The van der Waals surface area contributed by atoms with Gasteiger partial charge in [-0.3, -0.25) is 14.5 Å². The molecule has 0 heterocycles. The first-order chi connectivity index (χ1) is 13.5. The quantitative estimate of drug-likeness (QED) is 0.662. The highest BCUT2D eigenvalue weighted by molar-refractivity contribution is 5.92. The summed E-state index contributed by atoms with van der Waals surface area (Å²) in [6, 6.07) is 17.3. The minimum absolute atomic E-state index is 0.0844. The summed E-state index contributed by atoms with van der Waals surface area (Å²) >= 11 is 0. The van der Waals surface area contributed by atoms with Crippen LogP contribution >= 0.6 is 0 Å². The van der Waals surface area contributed by atoms with E-state index in [2.05, 4.69) is 29.7 Å². The van der Waals surface area contributed by atoms with Crippen LogP contribution in [0, 0.1) is 0 Å². The summed E-state index contributed by atoms with van der Waals surface area (Å²) in [5.74, 6) is 0.660. The smallest absolute Gasteiger partial charge is 0.238 e. The Labute approximate surface area is 166 Å². The maximum atomic E-state index is 12.3. The van der Waals surface area contributed by atoms with Gasteiger partial charge in [0.15, 0.2) is 0 Å². The molecule has 0 saturated heterocycles. The Kier molecular flexibility index (Phi) is 8.49. The van der Waals surface area contributed by atoms with Gasteiger partial charge in [-0.2, -0.15) is 0 Å². The number of likely N-dealkylation sites (N-methyl/N-ethyl adjacent to an activating group) is 1. The highest BCUT2D eigenvalue weighted by Gasteiger charge is 2.14. The van der Waals surface area contributed by atoms with E-state index in [9.17, 15) is 9.59 Å². The van der Waals surface area contributed by atoms with Crippen LogP contribution in [0.4, 0.5) is 5.69 Å². The second-order valence-electron chi connectivity index (χ2n) is 6.70. The molecule has 0 saturated carbocycles. The van der Waals surface area contributed by atoms with Crippen molar-refractivity contribution in [1.29, 1.82) is 0 Å². The van der Waals surface area contributed by atoms with Crippen molar-refractivity contribution in [3.05, 3.63) is 60.2 Å². The highest BCUT2D eigenvalue weighted by Crippen LogP contribution is 2.16. The van der Waals surface area contributed by atoms with E-state index >= 15 is 0 Å². The number of anilines is 1. The molecule has 2 aromatic carbocycles. The van der Waals surface area contributed by atoms with Crippen LogP contribution in [-0.2, 0) is 9.59 Å². The molecule has 0 radical (unpaired) electrons. The van der Waals surface area contributed by atoms with E-state index in [4.69, 9.17) is 4.74 Å². The molecule has 0 spiro atoms. The number of hydrogen-bond donors (Lipinski definition) is 2. The van der Waals surface area contributed by atoms with Crippen molar-refractivity contribution >= 4 is 17.5 Å². The first-order valence-electron chi connectivity index (χ1n) is 9.49. The molecule has 6 heteroatoms. The van der Waals surface area contributed by atoms with Crippen LogP contribution in [-0.4, -0.2) is 50.0 Å². The molecule has 0 aliphatic rings. The van der Waals surface area contributed by atoms with E-state index in [1.807, 2.05) is 37.3 Å². The lowest BCUT2D eigenvalue weighted by atomic mass is 10.0. The Bertz CT molecular complexity index is 765. The summed E-state index contributed by atoms with van der Waals surface area (Å²) in [6.45, 7) is 5.51. The monoisotopic (exact) mass is 383 g/mol. The zero-order valence-electron chi connectivity index (χ0n) is 16.8. The topological polar surface area (TPSA) is 70.7 Å². The van der Waals surface area contributed by atoms with Crippen LogP contribution in [0.3, 0.4) is 0 Å². The van der Waals surface area contributed by atoms with Crippen molar-refractivity contribution in [2.75, 3.05) is 38.6 Å². The van der Waals surface area contributed by atoms with Crippen LogP contribution in [0.25, 0.3) is 0 Å². The third kappa shape index (κ3) is 7.04. The predicted molar refractivity (Wildman–Crippen MR) is 112 cm³/mol. The fraction of sp³-hybridized carbons (Fsp3) is 0.364. The number of benzene rings is 2. The van der Waals surface area contributed by atoms with Gasteiger partial charge in [0.25, 0.3) is 0 Å². The summed E-state index contributed by atoms with van der Waals surface area (Å²) in [6.07, 6.45) is 0. The minimum atomic E-state index is -0.166. The molecule has 2 rings (SSSR count). The molecule has 2 N–H and O–H groups in total. The largest absolute Gasteiger partial charge is 0.497 e. The van der Waals surface area contributed by atoms with E-state index < -0.39 is 0 Å².